The lowest BCUT2D eigenvalue weighted by Crippen LogP contribution is -2.37. The molecule has 1 aliphatic heterocycles. The zero-order chi connectivity index (χ0) is 16.8. The number of amides is 1. The molecule has 0 aliphatic carbocycles. The summed E-state index contributed by atoms with van der Waals surface area (Å²) in [4.78, 5) is 14.3. The molecule has 3 heteroatoms. The van der Waals surface area contributed by atoms with Crippen molar-refractivity contribution in [3.8, 4) is 0 Å². The minimum atomic E-state index is 0.100. The summed E-state index contributed by atoms with van der Waals surface area (Å²) in [5, 5.41) is 0.707. The molecule has 1 fully saturated rings. The second kappa shape index (κ2) is 8.16. The maximum Gasteiger partial charge on any atom is 0.246 e. The molecular weight excluding hydrogens is 318 g/mol. The van der Waals surface area contributed by atoms with Crippen LogP contribution in [0.25, 0.3) is 6.08 Å². The fourth-order valence-corrected chi connectivity index (χ4v) is 3.28. The first-order valence-electron chi connectivity index (χ1n) is 8.47. The zero-order valence-corrected chi connectivity index (χ0v) is 14.5. The fraction of sp³-hybridized carbons (Fsp3) is 0.286. The monoisotopic (exact) mass is 339 g/mol. The highest BCUT2D eigenvalue weighted by Gasteiger charge is 2.21. The molecule has 24 heavy (non-hydrogen) atoms. The van der Waals surface area contributed by atoms with E-state index < -0.39 is 0 Å². The molecule has 0 bridgehead atoms. The van der Waals surface area contributed by atoms with Crippen molar-refractivity contribution in [2.45, 2.75) is 19.3 Å². The highest BCUT2D eigenvalue weighted by Crippen LogP contribution is 2.22. The normalized spacial score (nSPS) is 15.8. The maximum absolute atomic E-state index is 12.3. The van der Waals surface area contributed by atoms with Gasteiger partial charge in [0.2, 0.25) is 5.91 Å². The molecule has 0 spiro atoms. The molecule has 0 unspecified atom stereocenters. The Morgan fingerprint density at radius 2 is 1.71 bits per heavy atom. The fourth-order valence-electron chi connectivity index (χ4n) is 3.15. The number of benzene rings is 2. The van der Waals surface area contributed by atoms with Crippen molar-refractivity contribution < 1.29 is 4.79 Å². The third kappa shape index (κ3) is 4.72. The van der Waals surface area contributed by atoms with Gasteiger partial charge in [0, 0.05) is 24.2 Å². The smallest absolute Gasteiger partial charge is 0.246 e. The summed E-state index contributed by atoms with van der Waals surface area (Å²) in [7, 11) is 0. The number of piperidine rings is 1. The van der Waals surface area contributed by atoms with Gasteiger partial charge < -0.3 is 4.90 Å². The summed E-state index contributed by atoms with van der Waals surface area (Å²) < 4.78 is 0. The van der Waals surface area contributed by atoms with Crippen LogP contribution in [-0.2, 0) is 11.2 Å². The first-order valence-corrected chi connectivity index (χ1v) is 8.85. The van der Waals surface area contributed by atoms with Crippen molar-refractivity contribution >= 4 is 23.6 Å². The highest BCUT2D eigenvalue weighted by molar-refractivity contribution is 6.30. The summed E-state index contributed by atoms with van der Waals surface area (Å²) >= 11 is 5.87. The van der Waals surface area contributed by atoms with E-state index in [-0.39, 0.29) is 5.91 Å². The summed E-state index contributed by atoms with van der Waals surface area (Å²) in [5.41, 5.74) is 2.39. The van der Waals surface area contributed by atoms with Crippen molar-refractivity contribution in [1.82, 2.24) is 4.90 Å². The van der Waals surface area contributed by atoms with Gasteiger partial charge in [0.05, 0.1) is 0 Å². The average Bonchev–Trinajstić information content (AvgIpc) is 2.62. The van der Waals surface area contributed by atoms with Crippen LogP contribution in [0.15, 0.2) is 60.7 Å². The number of carbonyl (C=O) groups excluding carboxylic acids is 1. The van der Waals surface area contributed by atoms with Gasteiger partial charge in [0.25, 0.3) is 0 Å². The Balaban J connectivity index is 1.49. The summed E-state index contributed by atoms with van der Waals surface area (Å²) in [5.74, 6) is 0.778. The van der Waals surface area contributed by atoms with E-state index in [2.05, 4.69) is 30.3 Å². The molecule has 0 N–H and O–H groups in total. The number of halogens is 1. The van der Waals surface area contributed by atoms with E-state index in [0.717, 1.165) is 37.9 Å². The van der Waals surface area contributed by atoms with Crippen molar-refractivity contribution in [3.63, 3.8) is 0 Å². The molecule has 0 atom stereocenters. The number of rotatable bonds is 4. The lowest BCUT2D eigenvalue weighted by Gasteiger charge is -2.31. The third-order valence-electron chi connectivity index (χ3n) is 4.58. The molecule has 1 amide bonds. The third-order valence-corrected chi connectivity index (χ3v) is 4.83. The number of carbonyl (C=O) groups is 1. The van der Waals surface area contributed by atoms with Crippen LogP contribution >= 0.6 is 11.6 Å². The first kappa shape index (κ1) is 16.8. The Bertz CT molecular complexity index is 686. The quantitative estimate of drug-likeness (QED) is 0.730. The van der Waals surface area contributed by atoms with Crippen LogP contribution in [0.1, 0.15) is 24.0 Å². The van der Waals surface area contributed by atoms with Crippen molar-refractivity contribution in [1.29, 1.82) is 0 Å². The molecule has 2 aromatic carbocycles. The molecule has 124 valence electrons. The Kier molecular flexibility index (Phi) is 5.71. The van der Waals surface area contributed by atoms with Gasteiger partial charge in [-0.15, -0.1) is 0 Å². The topological polar surface area (TPSA) is 20.3 Å². The van der Waals surface area contributed by atoms with E-state index >= 15 is 0 Å². The van der Waals surface area contributed by atoms with E-state index in [1.807, 2.05) is 35.2 Å². The van der Waals surface area contributed by atoms with Gasteiger partial charge in [-0.05, 0) is 54.5 Å². The van der Waals surface area contributed by atoms with Gasteiger partial charge in [-0.3, -0.25) is 4.79 Å². The van der Waals surface area contributed by atoms with Gasteiger partial charge in [0.1, 0.15) is 0 Å². The molecule has 3 rings (SSSR count). The van der Waals surface area contributed by atoms with E-state index in [4.69, 9.17) is 11.6 Å². The van der Waals surface area contributed by atoms with E-state index in [9.17, 15) is 4.79 Å². The van der Waals surface area contributed by atoms with Crippen molar-refractivity contribution in [2.24, 2.45) is 5.92 Å². The Morgan fingerprint density at radius 1 is 1.04 bits per heavy atom. The molecule has 2 nitrogen and oxygen atoms in total. The molecular formula is C21H22ClNO. The summed E-state index contributed by atoms with van der Waals surface area (Å²) in [6.45, 7) is 1.70. The highest BCUT2D eigenvalue weighted by atomic mass is 35.5. The van der Waals surface area contributed by atoms with Crippen LogP contribution in [-0.4, -0.2) is 23.9 Å². The van der Waals surface area contributed by atoms with Crippen LogP contribution in [0.5, 0.6) is 0 Å². The predicted octanol–water partition coefficient (Wildman–Crippen LogP) is 4.83. The van der Waals surface area contributed by atoms with Gasteiger partial charge in [-0.2, -0.15) is 0 Å². The van der Waals surface area contributed by atoms with Crippen LogP contribution in [0.4, 0.5) is 0 Å². The van der Waals surface area contributed by atoms with Crippen molar-refractivity contribution in [2.75, 3.05) is 13.1 Å². The Labute approximate surface area is 148 Å². The molecule has 1 saturated heterocycles. The van der Waals surface area contributed by atoms with Crippen LogP contribution in [0, 0.1) is 5.92 Å². The minimum absolute atomic E-state index is 0.100. The lowest BCUT2D eigenvalue weighted by molar-refractivity contribution is -0.127. The largest absolute Gasteiger partial charge is 0.339 e. The minimum Gasteiger partial charge on any atom is -0.339 e. The summed E-state index contributed by atoms with van der Waals surface area (Å²) in [6.07, 6.45) is 6.80. The maximum atomic E-state index is 12.3. The Hall–Kier alpha value is -2.06. The second-order valence-electron chi connectivity index (χ2n) is 6.34. The number of nitrogens with zero attached hydrogens (tertiary/aromatic N) is 1. The van der Waals surface area contributed by atoms with E-state index in [0.29, 0.717) is 10.9 Å². The SMILES string of the molecule is O=C(C=Cc1ccc(Cl)cc1)N1CCC(Cc2ccccc2)CC1. The standard InChI is InChI=1S/C21H22ClNO/c22-20-9-6-17(7-10-20)8-11-21(24)23-14-12-19(13-15-23)16-18-4-2-1-3-5-18/h1-11,19H,12-16H2. The van der Waals surface area contributed by atoms with Crippen LogP contribution in [0.2, 0.25) is 5.02 Å². The zero-order valence-electron chi connectivity index (χ0n) is 13.7. The van der Waals surface area contributed by atoms with E-state index in [1.54, 1.807) is 6.08 Å². The second-order valence-corrected chi connectivity index (χ2v) is 6.78. The van der Waals surface area contributed by atoms with E-state index in [1.165, 1.54) is 5.56 Å². The van der Waals surface area contributed by atoms with Gasteiger partial charge >= 0.3 is 0 Å². The van der Waals surface area contributed by atoms with Crippen LogP contribution in [0.3, 0.4) is 0 Å². The lowest BCUT2D eigenvalue weighted by atomic mass is 9.90. The summed E-state index contributed by atoms with van der Waals surface area (Å²) in [6, 6.07) is 18.1. The van der Waals surface area contributed by atoms with Gasteiger partial charge in [0.15, 0.2) is 0 Å². The Morgan fingerprint density at radius 3 is 2.38 bits per heavy atom. The molecule has 0 aromatic heterocycles. The van der Waals surface area contributed by atoms with Crippen molar-refractivity contribution in [3.05, 3.63) is 76.8 Å². The molecule has 0 saturated carbocycles. The number of hydrogen-bond acceptors (Lipinski definition) is 1. The van der Waals surface area contributed by atoms with Crippen LogP contribution < -0.4 is 0 Å². The first-order chi connectivity index (χ1) is 11.7. The average molecular weight is 340 g/mol. The predicted molar refractivity (Wildman–Crippen MR) is 99.9 cm³/mol. The molecule has 1 heterocycles. The number of likely N-dealkylation sites (tertiary alicyclic amines) is 1. The van der Waals surface area contributed by atoms with Gasteiger partial charge in [-0.25, -0.2) is 0 Å². The molecule has 0 radical (unpaired) electrons. The van der Waals surface area contributed by atoms with Gasteiger partial charge in [-0.1, -0.05) is 54.1 Å². The number of hydrogen-bond donors (Lipinski definition) is 0. The molecule has 2 aromatic rings. The molecule has 1 aliphatic rings.